The molecule has 1 fully saturated rings. The highest BCUT2D eigenvalue weighted by atomic mass is 79.9. The van der Waals surface area contributed by atoms with E-state index >= 15 is 0 Å². The van der Waals surface area contributed by atoms with Crippen molar-refractivity contribution in [2.24, 2.45) is 0 Å². The Bertz CT molecular complexity index is 545. The van der Waals surface area contributed by atoms with Crippen molar-refractivity contribution in [3.8, 4) is 5.75 Å². The van der Waals surface area contributed by atoms with Crippen LogP contribution in [0, 0.1) is 0 Å². The van der Waals surface area contributed by atoms with Crippen molar-refractivity contribution in [1.29, 1.82) is 0 Å². The number of alkyl halides is 4. The van der Waals surface area contributed by atoms with Crippen LogP contribution in [0.1, 0.15) is 33.3 Å². The second-order valence-corrected chi connectivity index (χ2v) is 6.70. The summed E-state index contributed by atoms with van der Waals surface area (Å²) in [6.07, 6.45) is -4.72. The lowest BCUT2D eigenvalue weighted by Gasteiger charge is -2.32. The first-order chi connectivity index (χ1) is 9.95. The summed E-state index contributed by atoms with van der Waals surface area (Å²) in [5.41, 5.74) is 0.0213. The summed E-state index contributed by atoms with van der Waals surface area (Å²) in [5, 5.41) is 0.228. The maximum atomic E-state index is 12.4. The van der Waals surface area contributed by atoms with E-state index in [0.29, 0.717) is 11.0 Å². The first kappa shape index (κ1) is 17.6. The molecule has 0 amide bonds. The van der Waals surface area contributed by atoms with Gasteiger partial charge >= 0.3 is 13.5 Å². The van der Waals surface area contributed by atoms with E-state index in [0.717, 1.165) is 0 Å². The van der Waals surface area contributed by atoms with E-state index in [2.05, 4.69) is 20.7 Å². The van der Waals surface area contributed by atoms with Crippen LogP contribution in [0.5, 0.6) is 5.75 Å². The van der Waals surface area contributed by atoms with Gasteiger partial charge in [-0.1, -0.05) is 28.1 Å². The third-order valence-electron chi connectivity index (χ3n) is 3.98. The van der Waals surface area contributed by atoms with Crippen molar-refractivity contribution < 1.29 is 27.2 Å². The monoisotopic (exact) mass is 380 g/mol. The lowest BCUT2D eigenvalue weighted by molar-refractivity contribution is -0.274. The maximum Gasteiger partial charge on any atom is 0.573 e. The quantitative estimate of drug-likeness (QED) is 0.590. The number of benzene rings is 1. The molecular weight excluding hydrogens is 364 g/mol. The van der Waals surface area contributed by atoms with Gasteiger partial charge in [-0.15, -0.1) is 13.2 Å². The van der Waals surface area contributed by atoms with Crippen LogP contribution in [0.2, 0.25) is 0 Å². The molecule has 3 nitrogen and oxygen atoms in total. The smallest absolute Gasteiger partial charge is 0.405 e. The molecule has 0 N–H and O–H groups in total. The van der Waals surface area contributed by atoms with Crippen molar-refractivity contribution in [2.75, 3.05) is 0 Å². The highest BCUT2D eigenvalue weighted by molar-refractivity contribution is 9.08. The summed E-state index contributed by atoms with van der Waals surface area (Å²) in [6, 6.07) is 4.40. The van der Waals surface area contributed by atoms with Crippen LogP contribution in [0.3, 0.4) is 0 Å². The molecule has 122 valence electrons. The molecule has 0 spiro atoms. The van der Waals surface area contributed by atoms with E-state index in [4.69, 9.17) is 9.31 Å². The Balaban J connectivity index is 2.28. The first-order valence-electron chi connectivity index (χ1n) is 6.75. The average molecular weight is 381 g/mol. The van der Waals surface area contributed by atoms with Gasteiger partial charge in [-0.3, -0.25) is 0 Å². The molecule has 2 rings (SSSR count). The van der Waals surface area contributed by atoms with Crippen molar-refractivity contribution in [1.82, 2.24) is 0 Å². The molecule has 1 aliphatic heterocycles. The third kappa shape index (κ3) is 3.60. The van der Waals surface area contributed by atoms with E-state index in [9.17, 15) is 13.2 Å². The molecule has 0 atom stereocenters. The van der Waals surface area contributed by atoms with Crippen LogP contribution in [0.25, 0.3) is 0 Å². The Labute approximate surface area is 136 Å². The average Bonchev–Trinajstić information content (AvgIpc) is 2.57. The topological polar surface area (TPSA) is 27.7 Å². The molecule has 0 bridgehead atoms. The molecule has 1 aromatic carbocycles. The largest absolute Gasteiger partial charge is 0.573 e. The number of halogens is 4. The van der Waals surface area contributed by atoms with Crippen LogP contribution in [-0.2, 0) is 14.6 Å². The summed E-state index contributed by atoms with van der Waals surface area (Å²) in [5.74, 6) is -0.232. The van der Waals surface area contributed by atoms with E-state index < -0.39 is 24.7 Å². The maximum absolute atomic E-state index is 12.4. The van der Waals surface area contributed by atoms with Gasteiger partial charge in [-0.25, -0.2) is 0 Å². The number of rotatable bonds is 3. The Hall–Kier alpha value is -0.725. The SMILES string of the molecule is CC1(C)OB(c2ccc(OC(F)(F)F)c(CBr)c2)OC1(C)C. The van der Waals surface area contributed by atoms with Gasteiger partial charge in [-0.05, 0) is 39.2 Å². The zero-order valence-corrected chi connectivity index (χ0v) is 14.3. The summed E-state index contributed by atoms with van der Waals surface area (Å²) in [6.45, 7) is 7.66. The Morgan fingerprint density at radius 3 is 2.14 bits per heavy atom. The molecule has 1 saturated heterocycles. The normalized spacial score (nSPS) is 20.3. The van der Waals surface area contributed by atoms with Crippen molar-refractivity contribution in [3.63, 3.8) is 0 Å². The second kappa shape index (κ2) is 5.72. The first-order valence-corrected chi connectivity index (χ1v) is 7.87. The van der Waals surface area contributed by atoms with Gasteiger partial charge < -0.3 is 14.0 Å². The molecule has 1 heterocycles. The van der Waals surface area contributed by atoms with Crippen LogP contribution in [-0.4, -0.2) is 24.7 Å². The van der Waals surface area contributed by atoms with Gasteiger partial charge in [-0.2, -0.15) is 0 Å². The minimum Gasteiger partial charge on any atom is -0.405 e. The summed E-state index contributed by atoms with van der Waals surface area (Å²) in [4.78, 5) is 0. The predicted molar refractivity (Wildman–Crippen MR) is 81.5 cm³/mol. The highest BCUT2D eigenvalue weighted by Gasteiger charge is 2.51. The van der Waals surface area contributed by atoms with Crippen LogP contribution in [0.4, 0.5) is 13.2 Å². The number of hydrogen-bond donors (Lipinski definition) is 0. The van der Waals surface area contributed by atoms with Crippen molar-refractivity contribution >= 4 is 28.5 Å². The van der Waals surface area contributed by atoms with Gasteiger partial charge in [0.25, 0.3) is 0 Å². The fraction of sp³-hybridized carbons (Fsp3) is 0.571. The molecule has 0 saturated carbocycles. The highest BCUT2D eigenvalue weighted by Crippen LogP contribution is 2.37. The molecule has 0 unspecified atom stereocenters. The Morgan fingerprint density at radius 1 is 1.14 bits per heavy atom. The fourth-order valence-corrected chi connectivity index (χ4v) is 2.49. The van der Waals surface area contributed by atoms with E-state index in [1.165, 1.54) is 12.1 Å². The van der Waals surface area contributed by atoms with E-state index in [1.807, 2.05) is 27.7 Å². The van der Waals surface area contributed by atoms with Gasteiger partial charge in [0.1, 0.15) is 5.75 Å². The van der Waals surface area contributed by atoms with Gasteiger partial charge in [0.2, 0.25) is 0 Å². The lowest BCUT2D eigenvalue weighted by Crippen LogP contribution is -2.41. The molecule has 0 aliphatic carbocycles. The summed E-state index contributed by atoms with van der Waals surface area (Å²) >= 11 is 3.17. The lowest BCUT2D eigenvalue weighted by atomic mass is 9.78. The minimum absolute atomic E-state index is 0.228. The predicted octanol–water partition coefficient (Wildman–Crippen LogP) is 3.78. The van der Waals surface area contributed by atoms with E-state index in [1.54, 1.807) is 6.07 Å². The third-order valence-corrected chi connectivity index (χ3v) is 4.58. The molecule has 0 aromatic heterocycles. The molecule has 22 heavy (non-hydrogen) atoms. The molecule has 1 aromatic rings. The zero-order valence-electron chi connectivity index (χ0n) is 12.8. The van der Waals surface area contributed by atoms with Gasteiger partial charge in [0, 0.05) is 10.9 Å². The molecule has 0 radical (unpaired) electrons. The van der Waals surface area contributed by atoms with Crippen molar-refractivity contribution in [3.05, 3.63) is 23.8 Å². The van der Waals surface area contributed by atoms with Crippen LogP contribution < -0.4 is 10.2 Å². The van der Waals surface area contributed by atoms with Crippen LogP contribution in [0.15, 0.2) is 18.2 Å². The Kier molecular flexibility index (Phi) is 4.59. The van der Waals surface area contributed by atoms with Crippen molar-refractivity contribution in [2.45, 2.75) is 50.6 Å². The number of hydrogen-bond acceptors (Lipinski definition) is 3. The van der Waals surface area contributed by atoms with Crippen LogP contribution >= 0.6 is 15.9 Å². The standard InChI is InChI=1S/C14H17BBrF3O3/c1-12(2)13(3,4)22-15(21-12)10-5-6-11(9(7-10)8-16)20-14(17,18)19/h5-7H,8H2,1-4H3. The zero-order chi connectivity index (χ0) is 16.8. The van der Waals surface area contributed by atoms with Gasteiger partial charge in [0.05, 0.1) is 11.2 Å². The number of ether oxygens (including phenoxy) is 1. The molecule has 8 heteroatoms. The van der Waals surface area contributed by atoms with Gasteiger partial charge in [0.15, 0.2) is 0 Å². The summed E-state index contributed by atoms with van der Waals surface area (Å²) < 4.78 is 52.9. The molecule has 1 aliphatic rings. The fourth-order valence-electron chi connectivity index (χ4n) is 2.05. The van der Waals surface area contributed by atoms with E-state index in [-0.39, 0.29) is 11.1 Å². The summed E-state index contributed by atoms with van der Waals surface area (Å²) in [7, 11) is -0.622. The Morgan fingerprint density at radius 2 is 1.68 bits per heavy atom. The second-order valence-electron chi connectivity index (χ2n) is 6.14. The minimum atomic E-state index is -4.72. The molecular formula is C14H17BBrF3O3.